The van der Waals surface area contributed by atoms with Gasteiger partial charge in [-0.1, -0.05) is 81.4 Å². The number of hydrogen-bond donors (Lipinski definition) is 0. The summed E-state index contributed by atoms with van der Waals surface area (Å²) in [5.41, 5.74) is 5.91. The van der Waals surface area contributed by atoms with Crippen LogP contribution in [0, 0.1) is 5.41 Å². The molecular weight excluding hydrogens is 228 g/mol. The molecule has 2 aromatic carbocycles. The number of benzene rings is 2. The van der Waals surface area contributed by atoms with Crippen LogP contribution in [0.3, 0.4) is 0 Å². The van der Waals surface area contributed by atoms with Crippen LogP contribution in [-0.2, 0) is 0 Å². The van der Waals surface area contributed by atoms with Gasteiger partial charge >= 0.3 is 0 Å². The standard InChI is InChI=1S/C19H20/c1-19(2,3)18-13-17(14-9-5-4-6-10-14)15-11-7-8-12-16(15)18/h4-13,17H,1-3H3. The van der Waals surface area contributed by atoms with Crippen LogP contribution in [0.1, 0.15) is 43.4 Å². The number of hydrogen-bond acceptors (Lipinski definition) is 0. The summed E-state index contributed by atoms with van der Waals surface area (Å²) < 4.78 is 0. The van der Waals surface area contributed by atoms with Gasteiger partial charge in [-0.05, 0) is 27.7 Å². The molecule has 0 bridgehead atoms. The van der Waals surface area contributed by atoms with Crippen LogP contribution in [0.15, 0.2) is 60.7 Å². The zero-order valence-electron chi connectivity index (χ0n) is 11.9. The fourth-order valence-electron chi connectivity index (χ4n) is 2.95. The normalized spacial score (nSPS) is 18.1. The smallest absolute Gasteiger partial charge is 0.0281 e. The maximum atomic E-state index is 2.44. The summed E-state index contributed by atoms with van der Waals surface area (Å²) in [6, 6.07) is 19.6. The average Bonchev–Trinajstić information content (AvgIpc) is 2.79. The minimum Gasteiger partial charge on any atom is -0.0683 e. The highest BCUT2D eigenvalue weighted by molar-refractivity contribution is 5.79. The summed E-state index contributed by atoms with van der Waals surface area (Å²) in [7, 11) is 0. The fourth-order valence-corrected chi connectivity index (χ4v) is 2.95. The number of allylic oxidation sites excluding steroid dienone is 2. The molecule has 1 aliphatic carbocycles. The monoisotopic (exact) mass is 248 g/mol. The van der Waals surface area contributed by atoms with Crippen LogP contribution in [-0.4, -0.2) is 0 Å². The van der Waals surface area contributed by atoms with Gasteiger partial charge in [-0.15, -0.1) is 0 Å². The van der Waals surface area contributed by atoms with Crippen molar-refractivity contribution in [1.29, 1.82) is 0 Å². The summed E-state index contributed by atoms with van der Waals surface area (Å²) in [5, 5.41) is 0. The molecule has 1 atom stereocenters. The van der Waals surface area contributed by atoms with Crippen LogP contribution in [0.25, 0.3) is 5.57 Å². The fraction of sp³-hybridized carbons (Fsp3) is 0.263. The third kappa shape index (κ3) is 2.12. The molecule has 0 spiro atoms. The van der Waals surface area contributed by atoms with Gasteiger partial charge in [0.25, 0.3) is 0 Å². The first-order chi connectivity index (χ1) is 9.07. The van der Waals surface area contributed by atoms with Crippen molar-refractivity contribution >= 4 is 5.57 Å². The Balaban J connectivity index is 2.16. The van der Waals surface area contributed by atoms with Crippen LogP contribution in [0.5, 0.6) is 0 Å². The molecule has 0 heteroatoms. The Bertz CT molecular complexity index is 612. The van der Waals surface area contributed by atoms with Crippen molar-refractivity contribution in [2.75, 3.05) is 0 Å². The van der Waals surface area contributed by atoms with Crippen molar-refractivity contribution in [3.63, 3.8) is 0 Å². The summed E-state index contributed by atoms with van der Waals surface area (Å²) >= 11 is 0. The van der Waals surface area contributed by atoms with Crippen LogP contribution >= 0.6 is 0 Å². The highest BCUT2D eigenvalue weighted by atomic mass is 14.3. The molecule has 0 N–H and O–H groups in total. The molecule has 0 aromatic heterocycles. The second kappa shape index (κ2) is 4.38. The van der Waals surface area contributed by atoms with Gasteiger partial charge in [0.05, 0.1) is 0 Å². The Hall–Kier alpha value is -1.82. The topological polar surface area (TPSA) is 0 Å². The van der Waals surface area contributed by atoms with E-state index in [0.29, 0.717) is 5.92 Å². The summed E-state index contributed by atoms with van der Waals surface area (Å²) in [4.78, 5) is 0. The van der Waals surface area contributed by atoms with Gasteiger partial charge in [0.2, 0.25) is 0 Å². The average molecular weight is 248 g/mol. The van der Waals surface area contributed by atoms with Crippen molar-refractivity contribution < 1.29 is 0 Å². The van der Waals surface area contributed by atoms with E-state index in [4.69, 9.17) is 0 Å². The zero-order valence-corrected chi connectivity index (χ0v) is 11.9. The molecule has 0 radical (unpaired) electrons. The molecule has 0 saturated carbocycles. The number of fused-ring (bicyclic) bond motifs is 1. The molecule has 0 saturated heterocycles. The molecule has 96 valence electrons. The summed E-state index contributed by atoms with van der Waals surface area (Å²) in [6.45, 7) is 6.88. The third-order valence-electron chi connectivity index (χ3n) is 3.89. The maximum absolute atomic E-state index is 2.44. The molecule has 0 nitrogen and oxygen atoms in total. The third-order valence-corrected chi connectivity index (χ3v) is 3.89. The predicted molar refractivity (Wildman–Crippen MR) is 82.2 cm³/mol. The van der Waals surface area contributed by atoms with Crippen molar-refractivity contribution in [2.24, 2.45) is 5.41 Å². The van der Waals surface area contributed by atoms with Gasteiger partial charge in [0.15, 0.2) is 0 Å². The molecule has 0 aliphatic heterocycles. The minimum atomic E-state index is 0.194. The van der Waals surface area contributed by atoms with Crippen LogP contribution in [0.4, 0.5) is 0 Å². The minimum absolute atomic E-state index is 0.194. The van der Waals surface area contributed by atoms with E-state index in [9.17, 15) is 0 Å². The largest absolute Gasteiger partial charge is 0.0683 e. The first-order valence-electron chi connectivity index (χ1n) is 6.94. The second-order valence-corrected chi connectivity index (χ2v) is 6.31. The Kier molecular flexibility index (Phi) is 2.82. The lowest BCUT2D eigenvalue weighted by atomic mass is 9.83. The van der Waals surface area contributed by atoms with Gasteiger partial charge in [-0.3, -0.25) is 0 Å². The van der Waals surface area contributed by atoms with E-state index >= 15 is 0 Å². The van der Waals surface area contributed by atoms with E-state index in [0.717, 1.165) is 0 Å². The lowest BCUT2D eigenvalue weighted by Crippen LogP contribution is -2.06. The van der Waals surface area contributed by atoms with Crippen LogP contribution in [0.2, 0.25) is 0 Å². The SMILES string of the molecule is CC(C)(C)C1=CC(c2ccccc2)c2ccccc21. The molecule has 2 aromatic rings. The van der Waals surface area contributed by atoms with Crippen LogP contribution < -0.4 is 0 Å². The van der Waals surface area contributed by atoms with Gasteiger partial charge in [-0.25, -0.2) is 0 Å². The van der Waals surface area contributed by atoms with Crippen molar-refractivity contribution in [3.8, 4) is 0 Å². The van der Waals surface area contributed by atoms with Gasteiger partial charge in [0.1, 0.15) is 0 Å². The first kappa shape index (κ1) is 12.2. The van der Waals surface area contributed by atoms with E-state index in [1.165, 1.54) is 22.3 Å². The number of rotatable bonds is 1. The molecule has 3 rings (SSSR count). The van der Waals surface area contributed by atoms with E-state index in [1.807, 2.05) is 0 Å². The van der Waals surface area contributed by atoms with E-state index in [2.05, 4.69) is 81.4 Å². The van der Waals surface area contributed by atoms with E-state index in [-0.39, 0.29) is 5.41 Å². The molecular formula is C19H20. The molecule has 1 unspecified atom stereocenters. The summed E-state index contributed by atoms with van der Waals surface area (Å²) in [6.07, 6.45) is 2.44. The summed E-state index contributed by atoms with van der Waals surface area (Å²) in [5.74, 6) is 0.409. The Morgan fingerprint density at radius 3 is 2.11 bits per heavy atom. The Labute approximate surface area is 115 Å². The molecule has 19 heavy (non-hydrogen) atoms. The van der Waals surface area contributed by atoms with Crippen molar-refractivity contribution in [3.05, 3.63) is 77.4 Å². The van der Waals surface area contributed by atoms with Crippen molar-refractivity contribution in [1.82, 2.24) is 0 Å². The van der Waals surface area contributed by atoms with Gasteiger partial charge < -0.3 is 0 Å². The van der Waals surface area contributed by atoms with Gasteiger partial charge in [0, 0.05) is 5.92 Å². The first-order valence-corrected chi connectivity index (χ1v) is 6.94. The highest BCUT2D eigenvalue weighted by Crippen LogP contribution is 2.46. The predicted octanol–water partition coefficient (Wildman–Crippen LogP) is 5.26. The maximum Gasteiger partial charge on any atom is 0.0281 e. The molecule has 0 heterocycles. The Morgan fingerprint density at radius 2 is 1.42 bits per heavy atom. The Morgan fingerprint density at radius 1 is 0.789 bits per heavy atom. The van der Waals surface area contributed by atoms with Crippen molar-refractivity contribution in [2.45, 2.75) is 26.7 Å². The molecule has 0 amide bonds. The highest BCUT2D eigenvalue weighted by Gasteiger charge is 2.30. The lowest BCUT2D eigenvalue weighted by molar-refractivity contribution is 0.567. The van der Waals surface area contributed by atoms with Gasteiger partial charge in [-0.2, -0.15) is 0 Å². The molecule has 1 aliphatic rings. The quantitative estimate of drug-likeness (QED) is 0.645. The zero-order chi connectivity index (χ0) is 13.5. The van der Waals surface area contributed by atoms with E-state index < -0.39 is 0 Å². The van der Waals surface area contributed by atoms with E-state index in [1.54, 1.807) is 0 Å². The second-order valence-electron chi connectivity index (χ2n) is 6.31. The molecule has 0 fully saturated rings. The lowest BCUT2D eigenvalue weighted by Gasteiger charge is -2.21.